The van der Waals surface area contributed by atoms with Crippen molar-refractivity contribution < 1.29 is 26.4 Å². The number of nitrogens with one attached hydrogen (secondary N) is 1. The fraction of sp³-hybridized carbons (Fsp3) is 0.429. The van der Waals surface area contributed by atoms with E-state index < -0.39 is 21.8 Å². The molecule has 0 saturated carbocycles. The molecule has 32 heavy (non-hydrogen) atoms. The topological polar surface area (TPSA) is 82.6 Å². The van der Waals surface area contributed by atoms with Gasteiger partial charge in [0.15, 0.2) is 0 Å². The van der Waals surface area contributed by atoms with Crippen LogP contribution in [0.25, 0.3) is 0 Å². The number of amides is 1. The molecule has 0 atom stereocenters. The molecule has 0 radical (unpaired) electrons. The lowest BCUT2D eigenvalue weighted by Crippen LogP contribution is -2.35. The van der Waals surface area contributed by atoms with E-state index >= 15 is 0 Å². The predicted octanol–water partition coefficient (Wildman–Crippen LogP) is 3.60. The van der Waals surface area contributed by atoms with Gasteiger partial charge in [0.1, 0.15) is 5.82 Å². The van der Waals surface area contributed by atoms with Gasteiger partial charge in [-0.3, -0.25) is 9.52 Å². The summed E-state index contributed by atoms with van der Waals surface area (Å²) >= 11 is 0. The molecule has 0 unspecified atom stereocenters. The number of nitrogens with zero attached hydrogens (tertiary/aromatic N) is 3. The van der Waals surface area contributed by atoms with Crippen LogP contribution >= 0.6 is 0 Å². The largest absolute Gasteiger partial charge is 0.417 e. The van der Waals surface area contributed by atoms with E-state index in [0.29, 0.717) is 56.1 Å². The maximum atomic E-state index is 13.0. The Morgan fingerprint density at radius 2 is 1.91 bits per heavy atom. The predicted molar refractivity (Wildman–Crippen MR) is 116 cm³/mol. The fourth-order valence-corrected chi connectivity index (χ4v) is 4.61. The van der Waals surface area contributed by atoms with Crippen molar-refractivity contribution in [2.45, 2.75) is 25.9 Å². The van der Waals surface area contributed by atoms with Crippen LogP contribution in [0.2, 0.25) is 0 Å². The molecule has 1 amide bonds. The number of benzene rings is 1. The van der Waals surface area contributed by atoms with E-state index in [1.165, 1.54) is 12.1 Å². The summed E-state index contributed by atoms with van der Waals surface area (Å²) in [4.78, 5) is 20.4. The number of rotatable bonds is 6. The van der Waals surface area contributed by atoms with Crippen molar-refractivity contribution in [1.82, 2.24) is 9.88 Å². The Bertz CT molecular complexity index is 1040. The van der Waals surface area contributed by atoms with Crippen LogP contribution in [-0.2, 0) is 16.2 Å². The van der Waals surface area contributed by atoms with Crippen LogP contribution in [0.4, 0.5) is 24.7 Å². The van der Waals surface area contributed by atoms with E-state index in [9.17, 15) is 26.4 Å². The van der Waals surface area contributed by atoms with Gasteiger partial charge in [-0.15, -0.1) is 0 Å². The number of carbonyl (C=O) groups is 1. The van der Waals surface area contributed by atoms with Crippen molar-refractivity contribution in [2.75, 3.05) is 41.6 Å². The van der Waals surface area contributed by atoms with E-state index in [1.807, 2.05) is 4.90 Å². The monoisotopic (exact) mass is 470 g/mol. The first-order valence-electron chi connectivity index (χ1n) is 10.3. The highest BCUT2D eigenvalue weighted by molar-refractivity contribution is 7.92. The van der Waals surface area contributed by atoms with Crippen LogP contribution in [-0.4, -0.2) is 56.1 Å². The van der Waals surface area contributed by atoms with E-state index in [-0.39, 0.29) is 11.7 Å². The highest BCUT2D eigenvalue weighted by atomic mass is 32.2. The number of pyridine rings is 1. The third-order valence-corrected chi connectivity index (χ3v) is 6.53. The van der Waals surface area contributed by atoms with Crippen molar-refractivity contribution in [3.05, 3.63) is 53.7 Å². The second kappa shape index (κ2) is 9.76. The number of hydrogen-bond acceptors (Lipinski definition) is 5. The number of halogens is 3. The van der Waals surface area contributed by atoms with Crippen molar-refractivity contribution in [1.29, 1.82) is 0 Å². The second-order valence-electron chi connectivity index (χ2n) is 7.54. The average molecular weight is 471 g/mol. The summed E-state index contributed by atoms with van der Waals surface area (Å²) in [5, 5.41) is 0. The molecule has 11 heteroatoms. The molecule has 1 fully saturated rings. The molecule has 2 aromatic rings. The smallest absolute Gasteiger partial charge is 0.355 e. The summed E-state index contributed by atoms with van der Waals surface area (Å²) < 4.78 is 64.7. The van der Waals surface area contributed by atoms with Crippen LogP contribution in [0.1, 0.15) is 35.7 Å². The zero-order valence-electron chi connectivity index (χ0n) is 17.6. The fourth-order valence-electron chi connectivity index (χ4n) is 3.49. The third-order valence-electron chi connectivity index (χ3n) is 5.04. The summed E-state index contributed by atoms with van der Waals surface area (Å²) in [6, 6.07) is 8.68. The van der Waals surface area contributed by atoms with Gasteiger partial charge in [-0.1, -0.05) is 13.0 Å². The van der Waals surface area contributed by atoms with Gasteiger partial charge in [0.25, 0.3) is 5.91 Å². The first kappa shape index (κ1) is 23.8. The van der Waals surface area contributed by atoms with Gasteiger partial charge in [-0.25, -0.2) is 13.4 Å². The van der Waals surface area contributed by atoms with Gasteiger partial charge < -0.3 is 9.80 Å². The highest BCUT2D eigenvalue weighted by Gasteiger charge is 2.31. The minimum atomic E-state index is -4.44. The molecule has 1 aromatic heterocycles. The van der Waals surface area contributed by atoms with Crippen LogP contribution in [0, 0.1) is 0 Å². The quantitative estimate of drug-likeness (QED) is 0.698. The van der Waals surface area contributed by atoms with Crippen molar-refractivity contribution in [2.24, 2.45) is 0 Å². The normalized spacial score (nSPS) is 15.4. The molecule has 2 heterocycles. The standard InChI is InChI=1S/C21H25F3N4O3S/c1-2-13-32(30,31)26-18-6-3-5-16(14-18)20(29)28-10-4-9-27(11-12-28)19-8-7-17(15-25-19)21(22,23)24/h3,5-8,14-15,26H,2,4,9-13H2,1H3. The molecule has 7 nitrogen and oxygen atoms in total. The first-order chi connectivity index (χ1) is 15.1. The molecule has 0 bridgehead atoms. The first-order valence-corrected chi connectivity index (χ1v) is 11.9. The van der Waals surface area contributed by atoms with Gasteiger partial charge in [-0.05, 0) is 43.2 Å². The van der Waals surface area contributed by atoms with Crippen LogP contribution in [0.5, 0.6) is 0 Å². The molecule has 1 aromatic carbocycles. The minimum absolute atomic E-state index is 0.00881. The molecule has 1 aliphatic rings. The Hall–Kier alpha value is -2.82. The lowest BCUT2D eigenvalue weighted by atomic mass is 10.1. The molecule has 0 spiro atoms. The number of hydrogen-bond donors (Lipinski definition) is 1. The summed E-state index contributed by atoms with van der Waals surface area (Å²) in [6.45, 7) is 3.59. The maximum absolute atomic E-state index is 13.0. The van der Waals surface area contributed by atoms with Gasteiger partial charge >= 0.3 is 6.18 Å². The van der Waals surface area contributed by atoms with Gasteiger partial charge in [-0.2, -0.15) is 13.2 Å². The van der Waals surface area contributed by atoms with E-state index in [1.54, 1.807) is 30.0 Å². The zero-order chi connectivity index (χ0) is 23.4. The number of aromatic nitrogens is 1. The number of carbonyl (C=O) groups excluding carboxylic acids is 1. The molecule has 174 valence electrons. The summed E-state index contributed by atoms with van der Waals surface area (Å²) in [7, 11) is -3.47. The average Bonchev–Trinajstić information content (AvgIpc) is 2.99. The SMILES string of the molecule is CCCS(=O)(=O)Nc1cccc(C(=O)N2CCCN(c3ccc(C(F)(F)F)cn3)CC2)c1. The lowest BCUT2D eigenvalue weighted by molar-refractivity contribution is -0.137. The third kappa shape index (κ3) is 6.12. The zero-order valence-corrected chi connectivity index (χ0v) is 18.4. The molecule has 1 aliphatic heterocycles. The van der Waals surface area contributed by atoms with E-state index in [2.05, 4.69) is 9.71 Å². The van der Waals surface area contributed by atoms with Crippen molar-refractivity contribution >= 4 is 27.4 Å². The second-order valence-corrected chi connectivity index (χ2v) is 9.38. The van der Waals surface area contributed by atoms with Crippen LogP contribution in [0.15, 0.2) is 42.6 Å². The number of anilines is 2. The van der Waals surface area contributed by atoms with Gasteiger partial charge in [0.05, 0.1) is 11.3 Å². The summed E-state index contributed by atoms with van der Waals surface area (Å²) in [5.74, 6) is 0.189. The Balaban J connectivity index is 1.66. The Kier molecular flexibility index (Phi) is 7.27. The Morgan fingerprint density at radius 1 is 1.12 bits per heavy atom. The van der Waals surface area contributed by atoms with Gasteiger partial charge in [0, 0.05) is 43.6 Å². The molecular formula is C21H25F3N4O3S. The molecular weight excluding hydrogens is 445 g/mol. The van der Waals surface area contributed by atoms with Crippen LogP contribution in [0.3, 0.4) is 0 Å². The Labute approximate surface area is 185 Å². The highest BCUT2D eigenvalue weighted by Crippen LogP contribution is 2.29. The molecule has 3 rings (SSSR count). The van der Waals surface area contributed by atoms with Crippen molar-refractivity contribution in [3.8, 4) is 0 Å². The number of alkyl halides is 3. The van der Waals surface area contributed by atoms with E-state index in [4.69, 9.17) is 0 Å². The summed E-state index contributed by atoms with van der Waals surface area (Å²) in [5.41, 5.74) is -0.111. The van der Waals surface area contributed by atoms with Gasteiger partial charge in [0.2, 0.25) is 10.0 Å². The Morgan fingerprint density at radius 3 is 2.56 bits per heavy atom. The number of sulfonamides is 1. The molecule has 1 saturated heterocycles. The molecule has 1 N–H and O–H groups in total. The lowest BCUT2D eigenvalue weighted by Gasteiger charge is -2.23. The summed E-state index contributed by atoms with van der Waals surface area (Å²) in [6.07, 6.45) is -2.52. The minimum Gasteiger partial charge on any atom is -0.355 e. The van der Waals surface area contributed by atoms with Crippen molar-refractivity contribution in [3.63, 3.8) is 0 Å². The maximum Gasteiger partial charge on any atom is 0.417 e. The van der Waals surface area contributed by atoms with E-state index in [0.717, 1.165) is 12.3 Å². The van der Waals surface area contributed by atoms with Crippen LogP contribution < -0.4 is 9.62 Å². The molecule has 0 aliphatic carbocycles.